The summed E-state index contributed by atoms with van der Waals surface area (Å²) in [7, 11) is 0. The van der Waals surface area contributed by atoms with Crippen LogP contribution in [0.2, 0.25) is 0 Å². The number of rotatable bonds is 4. The standard InChI is InChI=1S/C14H16N2O3/c1-3-8(2)6-12(17)9-4-5-10-11(7-9)16-14(19)13(18)15-10/h4-5,7-8H,3,6H2,1-2H3,(H,15,18)(H,16,19). The molecule has 0 amide bonds. The Hall–Kier alpha value is -2.17. The van der Waals surface area contributed by atoms with Crippen molar-refractivity contribution in [2.24, 2.45) is 5.92 Å². The molecule has 0 saturated carbocycles. The lowest BCUT2D eigenvalue weighted by Gasteiger charge is -2.07. The van der Waals surface area contributed by atoms with E-state index in [2.05, 4.69) is 9.97 Å². The van der Waals surface area contributed by atoms with Gasteiger partial charge in [-0.05, 0) is 24.1 Å². The average molecular weight is 260 g/mol. The maximum absolute atomic E-state index is 12.0. The summed E-state index contributed by atoms with van der Waals surface area (Å²) >= 11 is 0. The second kappa shape index (κ2) is 5.22. The van der Waals surface area contributed by atoms with Crippen LogP contribution in [-0.4, -0.2) is 15.8 Å². The Kier molecular flexibility index (Phi) is 3.64. The van der Waals surface area contributed by atoms with Crippen LogP contribution in [-0.2, 0) is 0 Å². The van der Waals surface area contributed by atoms with Gasteiger partial charge in [0.2, 0.25) is 0 Å². The zero-order chi connectivity index (χ0) is 14.0. The molecule has 1 unspecified atom stereocenters. The summed E-state index contributed by atoms with van der Waals surface area (Å²) in [5.41, 5.74) is 0.144. The maximum Gasteiger partial charge on any atom is 0.314 e. The molecule has 100 valence electrons. The van der Waals surface area contributed by atoms with Crippen molar-refractivity contribution in [2.75, 3.05) is 0 Å². The first-order chi connectivity index (χ1) is 9.01. The normalized spacial score (nSPS) is 12.5. The van der Waals surface area contributed by atoms with Gasteiger partial charge in [-0.1, -0.05) is 20.3 Å². The molecule has 5 nitrogen and oxygen atoms in total. The third kappa shape index (κ3) is 2.81. The second-order valence-corrected chi connectivity index (χ2v) is 4.81. The Morgan fingerprint density at radius 2 is 1.79 bits per heavy atom. The Labute approximate surface area is 109 Å². The molecule has 2 N–H and O–H groups in total. The number of carbonyl (C=O) groups excluding carboxylic acids is 1. The zero-order valence-corrected chi connectivity index (χ0v) is 10.9. The molecule has 1 aromatic carbocycles. The quantitative estimate of drug-likeness (QED) is 0.650. The van der Waals surface area contributed by atoms with E-state index in [4.69, 9.17) is 0 Å². The molecule has 0 spiro atoms. The number of H-pyrrole nitrogens is 2. The van der Waals surface area contributed by atoms with Gasteiger partial charge in [0.15, 0.2) is 5.78 Å². The molecule has 0 radical (unpaired) electrons. The predicted molar refractivity (Wildman–Crippen MR) is 73.6 cm³/mol. The van der Waals surface area contributed by atoms with Gasteiger partial charge >= 0.3 is 11.1 Å². The van der Waals surface area contributed by atoms with E-state index in [0.717, 1.165) is 6.42 Å². The van der Waals surface area contributed by atoms with Crippen molar-refractivity contribution in [3.8, 4) is 0 Å². The first kappa shape index (κ1) is 13.3. The summed E-state index contributed by atoms with van der Waals surface area (Å²) in [4.78, 5) is 39.4. The molecule has 0 aliphatic rings. The summed E-state index contributed by atoms with van der Waals surface area (Å²) in [6, 6.07) is 4.91. The number of fused-ring (bicyclic) bond motifs is 1. The van der Waals surface area contributed by atoms with E-state index < -0.39 is 11.1 Å². The lowest BCUT2D eigenvalue weighted by molar-refractivity contribution is 0.0964. The number of hydrogen-bond donors (Lipinski definition) is 2. The highest BCUT2D eigenvalue weighted by molar-refractivity contribution is 5.98. The molecule has 1 atom stereocenters. The third-order valence-electron chi connectivity index (χ3n) is 3.27. The van der Waals surface area contributed by atoms with E-state index >= 15 is 0 Å². The van der Waals surface area contributed by atoms with Crippen LogP contribution in [0.25, 0.3) is 11.0 Å². The number of aromatic amines is 2. The lowest BCUT2D eigenvalue weighted by atomic mass is 9.97. The smallest absolute Gasteiger partial charge is 0.314 e. The van der Waals surface area contributed by atoms with Crippen molar-refractivity contribution in [2.45, 2.75) is 26.7 Å². The first-order valence-corrected chi connectivity index (χ1v) is 6.30. The second-order valence-electron chi connectivity index (χ2n) is 4.81. The lowest BCUT2D eigenvalue weighted by Crippen LogP contribution is -2.28. The SMILES string of the molecule is CCC(C)CC(=O)c1ccc2[nH]c(=O)c(=O)[nH]c2c1. The minimum atomic E-state index is -0.709. The van der Waals surface area contributed by atoms with Crippen LogP contribution in [0, 0.1) is 5.92 Å². The largest absolute Gasteiger partial charge is 0.316 e. The summed E-state index contributed by atoms with van der Waals surface area (Å²) in [5, 5.41) is 0. The van der Waals surface area contributed by atoms with Crippen molar-refractivity contribution in [3.63, 3.8) is 0 Å². The van der Waals surface area contributed by atoms with Gasteiger partial charge in [0, 0.05) is 12.0 Å². The van der Waals surface area contributed by atoms with E-state index in [9.17, 15) is 14.4 Å². The van der Waals surface area contributed by atoms with Crippen LogP contribution in [0.15, 0.2) is 27.8 Å². The predicted octanol–water partition coefficient (Wildman–Crippen LogP) is 1.84. The Bertz CT molecular complexity index is 727. The summed E-state index contributed by atoms with van der Waals surface area (Å²) < 4.78 is 0. The molecule has 0 aliphatic carbocycles. The van der Waals surface area contributed by atoms with Crippen LogP contribution in [0.5, 0.6) is 0 Å². The molecule has 2 rings (SSSR count). The van der Waals surface area contributed by atoms with Crippen LogP contribution < -0.4 is 11.1 Å². The van der Waals surface area contributed by atoms with Gasteiger partial charge in [-0.2, -0.15) is 0 Å². The Morgan fingerprint density at radius 3 is 2.42 bits per heavy atom. The topological polar surface area (TPSA) is 82.8 Å². The number of aromatic nitrogens is 2. The summed E-state index contributed by atoms with van der Waals surface area (Å²) in [6.45, 7) is 4.07. The summed E-state index contributed by atoms with van der Waals surface area (Å²) in [6.07, 6.45) is 1.43. The molecule has 19 heavy (non-hydrogen) atoms. The fourth-order valence-corrected chi connectivity index (χ4v) is 1.87. The van der Waals surface area contributed by atoms with Gasteiger partial charge < -0.3 is 9.97 Å². The number of hydrogen-bond acceptors (Lipinski definition) is 3. The van der Waals surface area contributed by atoms with Gasteiger partial charge in [0.05, 0.1) is 11.0 Å². The van der Waals surface area contributed by atoms with E-state index in [1.165, 1.54) is 0 Å². The van der Waals surface area contributed by atoms with Crippen molar-refractivity contribution in [3.05, 3.63) is 44.5 Å². The Morgan fingerprint density at radius 1 is 1.16 bits per heavy atom. The van der Waals surface area contributed by atoms with Crippen molar-refractivity contribution in [1.29, 1.82) is 0 Å². The molecule has 0 aliphatic heterocycles. The van der Waals surface area contributed by atoms with Gasteiger partial charge in [-0.15, -0.1) is 0 Å². The Balaban J connectivity index is 2.41. The number of Topliss-reactive ketones (excluding diaryl/α,β-unsaturated/α-hetero) is 1. The van der Waals surface area contributed by atoms with Crippen molar-refractivity contribution < 1.29 is 4.79 Å². The number of benzene rings is 1. The van der Waals surface area contributed by atoms with Crippen LogP contribution in [0.1, 0.15) is 37.0 Å². The molecule has 1 heterocycles. The van der Waals surface area contributed by atoms with Crippen molar-refractivity contribution in [1.82, 2.24) is 9.97 Å². The molecule has 5 heteroatoms. The van der Waals surface area contributed by atoms with Gasteiger partial charge in [-0.25, -0.2) is 0 Å². The third-order valence-corrected chi connectivity index (χ3v) is 3.27. The molecule has 0 bridgehead atoms. The van der Waals surface area contributed by atoms with Crippen LogP contribution in [0.3, 0.4) is 0 Å². The van der Waals surface area contributed by atoms with E-state index in [0.29, 0.717) is 28.9 Å². The van der Waals surface area contributed by atoms with Crippen LogP contribution >= 0.6 is 0 Å². The fraction of sp³-hybridized carbons (Fsp3) is 0.357. The number of nitrogens with one attached hydrogen (secondary N) is 2. The van der Waals surface area contributed by atoms with E-state index in [-0.39, 0.29) is 5.78 Å². The van der Waals surface area contributed by atoms with Crippen LogP contribution in [0.4, 0.5) is 0 Å². The van der Waals surface area contributed by atoms with Gasteiger partial charge in [0.25, 0.3) is 0 Å². The molecule has 1 aromatic heterocycles. The molecular weight excluding hydrogens is 244 g/mol. The first-order valence-electron chi connectivity index (χ1n) is 6.30. The molecule has 0 fully saturated rings. The van der Waals surface area contributed by atoms with E-state index in [1.54, 1.807) is 18.2 Å². The highest BCUT2D eigenvalue weighted by Crippen LogP contribution is 2.15. The fourth-order valence-electron chi connectivity index (χ4n) is 1.87. The minimum absolute atomic E-state index is 0.0447. The van der Waals surface area contributed by atoms with Gasteiger partial charge in [-0.3, -0.25) is 14.4 Å². The zero-order valence-electron chi connectivity index (χ0n) is 10.9. The highest BCUT2D eigenvalue weighted by atomic mass is 16.2. The molecule has 2 aromatic rings. The summed E-state index contributed by atoms with van der Waals surface area (Å²) in [5.74, 6) is 0.376. The number of carbonyl (C=O) groups is 1. The monoisotopic (exact) mass is 260 g/mol. The maximum atomic E-state index is 12.0. The average Bonchev–Trinajstić information content (AvgIpc) is 2.39. The highest BCUT2D eigenvalue weighted by Gasteiger charge is 2.11. The molecule has 0 saturated heterocycles. The van der Waals surface area contributed by atoms with Crippen molar-refractivity contribution >= 4 is 16.8 Å². The van der Waals surface area contributed by atoms with Gasteiger partial charge in [0.1, 0.15) is 0 Å². The minimum Gasteiger partial charge on any atom is -0.316 e. The molecular formula is C14H16N2O3. The number of ketones is 1. The van der Waals surface area contributed by atoms with E-state index in [1.807, 2.05) is 13.8 Å².